The molecular weight excluding hydrogens is 282 g/mol. The SMILES string of the molecule is CC(CC(=O)N(C)CCO)c1ccc(Br)cc1. The Hall–Kier alpha value is -0.870. The second-order valence-electron chi connectivity index (χ2n) is 4.20. The molecule has 1 rings (SSSR count). The summed E-state index contributed by atoms with van der Waals surface area (Å²) in [6, 6.07) is 8.00. The number of carbonyl (C=O) groups is 1. The van der Waals surface area contributed by atoms with Crippen molar-refractivity contribution in [3.8, 4) is 0 Å². The number of hydrogen-bond donors (Lipinski definition) is 1. The molecule has 0 aliphatic heterocycles. The van der Waals surface area contributed by atoms with Crippen LogP contribution < -0.4 is 0 Å². The van der Waals surface area contributed by atoms with E-state index in [1.54, 1.807) is 11.9 Å². The molecule has 0 aromatic heterocycles. The van der Waals surface area contributed by atoms with Crippen LogP contribution in [0.4, 0.5) is 0 Å². The van der Waals surface area contributed by atoms with Crippen molar-refractivity contribution in [2.45, 2.75) is 19.3 Å². The lowest BCUT2D eigenvalue weighted by Crippen LogP contribution is -2.30. The van der Waals surface area contributed by atoms with E-state index in [0.29, 0.717) is 13.0 Å². The van der Waals surface area contributed by atoms with Gasteiger partial charge in [0.1, 0.15) is 0 Å². The van der Waals surface area contributed by atoms with Gasteiger partial charge in [0.05, 0.1) is 6.61 Å². The van der Waals surface area contributed by atoms with Crippen LogP contribution in [0.1, 0.15) is 24.8 Å². The zero-order valence-electron chi connectivity index (χ0n) is 10.2. The molecule has 0 saturated carbocycles. The smallest absolute Gasteiger partial charge is 0.222 e. The molecule has 3 nitrogen and oxygen atoms in total. The first-order chi connectivity index (χ1) is 8.04. The summed E-state index contributed by atoms with van der Waals surface area (Å²) in [6.45, 7) is 2.44. The van der Waals surface area contributed by atoms with Crippen molar-refractivity contribution in [1.29, 1.82) is 0 Å². The lowest BCUT2D eigenvalue weighted by molar-refractivity contribution is -0.130. The fourth-order valence-electron chi connectivity index (χ4n) is 1.60. The van der Waals surface area contributed by atoms with E-state index >= 15 is 0 Å². The summed E-state index contributed by atoms with van der Waals surface area (Å²) in [5.74, 6) is 0.256. The number of rotatable bonds is 5. The summed E-state index contributed by atoms with van der Waals surface area (Å²) in [7, 11) is 1.72. The van der Waals surface area contributed by atoms with Crippen molar-refractivity contribution in [3.63, 3.8) is 0 Å². The minimum absolute atomic E-state index is 0.00883. The average molecular weight is 300 g/mol. The highest BCUT2D eigenvalue weighted by Gasteiger charge is 2.14. The predicted molar refractivity (Wildman–Crippen MR) is 71.9 cm³/mol. The molecule has 0 spiro atoms. The van der Waals surface area contributed by atoms with Gasteiger partial charge in [-0.2, -0.15) is 0 Å². The Balaban J connectivity index is 2.57. The largest absolute Gasteiger partial charge is 0.395 e. The van der Waals surface area contributed by atoms with E-state index in [9.17, 15) is 4.79 Å². The summed E-state index contributed by atoms with van der Waals surface area (Å²) in [6.07, 6.45) is 0.470. The van der Waals surface area contributed by atoms with Crippen LogP contribution in [0.25, 0.3) is 0 Å². The maximum absolute atomic E-state index is 11.8. The number of amides is 1. The van der Waals surface area contributed by atoms with Gasteiger partial charge in [-0.1, -0.05) is 35.0 Å². The highest BCUT2D eigenvalue weighted by atomic mass is 79.9. The standard InChI is InChI=1S/C13H18BrNO2/c1-10(9-13(17)15(2)7-8-16)11-3-5-12(14)6-4-11/h3-6,10,16H,7-9H2,1-2H3. The lowest BCUT2D eigenvalue weighted by Gasteiger charge is -2.18. The predicted octanol–water partition coefficient (Wildman–Crippen LogP) is 2.39. The first-order valence-electron chi connectivity index (χ1n) is 5.65. The Bertz CT molecular complexity index is 364. The highest BCUT2D eigenvalue weighted by Crippen LogP contribution is 2.21. The van der Waals surface area contributed by atoms with Gasteiger partial charge in [-0.05, 0) is 23.6 Å². The van der Waals surface area contributed by atoms with Crippen molar-refractivity contribution >= 4 is 21.8 Å². The van der Waals surface area contributed by atoms with Crippen LogP contribution in [-0.2, 0) is 4.79 Å². The molecule has 1 aromatic carbocycles. The summed E-state index contributed by atoms with van der Waals surface area (Å²) < 4.78 is 1.04. The third-order valence-corrected chi connectivity index (χ3v) is 3.31. The molecule has 0 saturated heterocycles. The molecule has 1 aromatic rings. The molecule has 4 heteroatoms. The monoisotopic (exact) mass is 299 g/mol. The fourth-order valence-corrected chi connectivity index (χ4v) is 1.87. The van der Waals surface area contributed by atoms with Crippen LogP contribution in [0, 0.1) is 0 Å². The van der Waals surface area contributed by atoms with Crippen LogP contribution in [0.2, 0.25) is 0 Å². The van der Waals surface area contributed by atoms with Gasteiger partial charge in [0.25, 0.3) is 0 Å². The van der Waals surface area contributed by atoms with E-state index in [2.05, 4.69) is 15.9 Å². The van der Waals surface area contributed by atoms with Crippen molar-refractivity contribution in [2.24, 2.45) is 0 Å². The number of likely N-dealkylation sites (N-methyl/N-ethyl adjacent to an activating group) is 1. The van der Waals surface area contributed by atoms with Crippen LogP contribution >= 0.6 is 15.9 Å². The number of aliphatic hydroxyl groups excluding tert-OH is 1. The van der Waals surface area contributed by atoms with E-state index in [4.69, 9.17) is 5.11 Å². The molecule has 1 unspecified atom stereocenters. The van der Waals surface area contributed by atoms with Crippen LogP contribution in [-0.4, -0.2) is 36.1 Å². The Morgan fingerprint density at radius 2 is 2.00 bits per heavy atom. The van der Waals surface area contributed by atoms with Gasteiger partial charge in [-0.15, -0.1) is 0 Å². The summed E-state index contributed by atoms with van der Waals surface area (Å²) in [5.41, 5.74) is 1.15. The number of hydrogen-bond acceptors (Lipinski definition) is 2. The van der Waals surface area contributed by atoms with Crippen LogP contribution in [0.5, 0.6) is 0 Å². The lowest BCUT2D eigenvalue weighted by atomic mass is 9.97. The molecule has 94 valence electrons. The fraction of sp³-hybridized carbons (Fsp3) is 0.462. The topological polar surface area (TPSA) is 40.5 Å². The minimum atomic E-state index is 0.00883. The van der Waals surface area contributed by atoms with Gasteiger partial charge in [0, 0.05) is 24.5 Å². The van der Waals surface area contributed by atoms with Gasteiger partial charge in [0.2, 0.25) is 5.91 Å². The van der Waals surface area contributed by atoms with Crippen molar-refractivity contribution in [3.05, 3.63) is 34.3 Å². The maximum atomic E-state index is 11.8. The quantitative estimate of drug-likeness (QED) is 0.907. The van der Waals surface area contributed by atoms with Gasteiger partial charge >= 0.3 is 0 Å². The molecule has 17 heavy (non-hydrogen) atoms. The molecule has 0 bridgehead atoms. The second-order valence-corrected chi connectivity index (χ2v) is 5.11. The minimum Gasteiger partial charge on any atom is -0.395 e. The van der Waals surface area contributed by atoms with Gasteiger partial charge in [0.15, 0.2) is 0 Å². The number of carbonyl (C=O) groups excluding carboxylic acids is 1. The Morgan fingerprint density at radius 3 is 2.53 bits per heavy atom. The first kappa shape index (κ1) is 14.2. The van der Waals surface area contributed by atoms with Gasteiger partial charge < -0.3 is 10.0 Å². The molecule has 0 heterocycles. The summed E-state index contributed by atoms with van der Waals surface area (Å²) >= 11 is 3.39. The molecule has 0 fully saturated rings. The van der Waals surface area contributed by atoms with Gasteiger partial charge in [-0.3, -0.25) is 4.79 Å². The normalized spacial score (nSPS) is 12.2. The summed E-state index contributed by atoms with van der Waals surface area (Å²) in [4.78, 5) is 13.4. The van der Waals surface area contributed by atoms with E-state index in [0.717, 1.165) is 10.0 Å². The zero-order chi connectivity index (χ0) is 12.8. The third kappa shape index (κ3) is 4.48. The molecule has 0 radical (unpaired) electrons. The van der Waals surface area contributed by atoms with Crippen molar-refractivity contribution < 1.29 is 9.90 Å². The number of halogens is 1. The van der Waals surface area contributed by atoms with E-state index in [-0.39, 0.29) is 18.4 Å². The third-order valence-electron chi connectivity index (χ3n) is 2.78. The van der Waals surface area contributed by atoms with E-state index < -0.39 is 0 Å². The van der Waals surface area contributed by atoms with E-state index in [1.807, 2.05) is 31.2 Å². The van der Waals surface area contributed by atoms with Crippen LogP contribution in [0.3, 0.4) is 0 Å². The number of aliphatic hydroxyl groups is 1. The highest BCUT2D eigenvalue weighted by molar-refractivity contribution is 9.10. The van der Waals surface area contributed by atoms with Crippen LogP contribution in [0.15, 0.2) is 28.7 Å². The Morgan fingerprint density at radius 1 is 1.41 bits per heavy atom. The van der Waals surface area contributed by atoms with Crippen molar-refractivity contribution in [2.75, 3.05) is 20.2 Å². The molecule has 1 N–H and O–H groups in total. The number of nitrogens with zero attached hydrogens (tertiary/aromatic N) is 1. The molecule has 1 amide bonds. The van der Waals surface area contributed by atoms with Gasteiger partial charge in [-0.25, -0.2) is 0 Å². The molecule has 0 aliphatic rings. The molecule has 0 aliphatic carbocycles. The number of benzene rings is 1. The zero-order valence-corrected chi connectivity index (χ0v) is 11.8. The average Bonchev–Trinajstić information content (AvgIpc) is 2.30. The maximum Gasteiger partial charge on any atom is 0.222 e. The first-order valence-corrected chi connectivity index (χ1v) is 6.44. The summed E-state index contributed by atoms with van der Waals surface area (Å²) in [5, 5.41) is 8.77. The Kier molecular flexibility index (Phi) is 5.65. The Labute approximate surface area is 111 Å². The molecular formula is C13H18BrNO2. The van der Waals surface area contributed by atoms with E-state index in [1.165, 1.54) is 0 Å². The van der Waals surface area contributed by atoms with Crippen molar-refractivity contribution in [1.82, 2.24) is 4.90 Å². The second kappa shape index (κ2) is 6.77. The molecule has 1 atom stereocenters.